The maximum absolute atomic E-state index is 8.89. The van der Waals surface area contributed by atoms with Crippen LogP contribution < -0.4 is 14.7 Å². The molecule has 0 radical (unpaired) electrons. The Morgan fingerprint density at radius 1 is 1.10 bits per heavy atom. The first-order chi connectivity index (χ1) is 13.8. The third-order valence-electron chi connectivity index (χ3n) is 4.45. The first-order valence-electron chi connectivity index (χ1n) is 9.25. The molecule has 0 bridgehead atoms. The quantitative estimate of drug-likeness (QED) is 0.494. The van der Waals surface area contributed by atoms with Crippen LogP contribution >= 0.6 is 0 Å². The van der Waals surface area contributed by atoms with Crippen LogP contribution in [0.25, 0.3) is 0 Å². The molecule has 0 fully saturated rings. The molecule has 3 aromatic rings. The Hall–Kier alpha value is -3.48. The number of anilines is 1. The van der Waals surface area contributed by atoms with Crippen molar-refractivity contribution in [3.63, 3.8) is 0 Å². The van der Waals surface area contributed by atoms with E-state index in [1.165, 1.54) is 5.56 Å². The number of hydrogen-bond donors (Lipinski definition) is 0. The number of carboxylic acid groups (broad SMARTS) is 1. The van der Waals surface area contributed by atoms with E-state index in [-0.39, 0.29) is 0 Å². The van der Waals surface area contributed by atoms with Gasteiger partial charge in [0.1, 0.15) is 12.7 Å². The Bertz CT molecular complexity index is 959. The van der Waals surface area contributed by atoms with Gasteiger partial charge >= 0.3 is 5.82 Å². The molecule has 0 N–H and O–H groups in total. The van der Waals surface area contributed by atoms with E-state index in [0.29, 0.717) is 0 Å². The van der Waals surface area contributed by atoms with Crippen molar-refractivity contribution in [3.05, 3.63) is 71.9 Å². The van der Waals surface area contributed by atoms with E-state index in [1.807, 2.05) is 47.7 Å². The van der Waals surface area contributed by atoms with E-state index in [4.69, 9.17) is 9.90 Å². The average Bonchev–Trinajstić information content (AvgIpc) is 2.94. The highest BCUT2D eigenvalue weighted by Gasteiger charge is 2.13. The molecular formula is C22H27N5O2. The van der Waals surface area contributed by atoms with Gasteiger partial charge in [-0.05, 0) is 48.8 Å². The summed E-state index contributed by atoms with van der Waals surface area (Å²) in [5.41, 5.74) is 4.44. The monoisotopic (exact) mass is 393 g/mol. The molecule has 0 aliphatic rings. The number of carboxylic acids is 1. The van der Waals surface area contributed by atoms with Gasteiger partial charge < -0.3 is 14.8 Å². The largest absolute Gasteiger partial charge is 0.550 e. The lowest BCUT2D eigenvalue weighted by atomic mass is 10.2. The summed E-state index contributed by atoms with van der Waals surface area (Å²) in [7, 11) is 6.07. The van der Waals surface area contributed by atoms with Crippen molar-refractivity contribution in [2.75, 3.05) is 11.9 Å². The highest BCUT2D eigenvalue weighted by atomic mass is 16.4. The molecule has 152 valence electrons. The van der Waals surface area contributed by atoms with Crippen LogP contribution in [0.15, 0.2) is 70.9 Å². The molecule has 0 unspecified atom stereocenters. The number of carbonyl (C=O) groups excluding carboxylic acids is 1. The molecule has 0 aliphatic heterocycles. The second-order valence-electron chi connectivity index (χ2n) is 6.74. The van der Waals surface area contributed by atoms with Crippen molar-refractivity contribution in [1.82, 2.24) is 4.68 Å². The van der Waals surface area contributed by atoms with Gasteiger partial charge in [-0.3, -0.25) is 0 Å². The number of nitrogens with zero attached hydrogens (tertiary/aromatic N) is 5. The lowest BCUT2D eigenvalue weighted by Crippen LogP contribution is -2.37. The van der Waals surface area contributed by atoms with Crippen LogP contribution in [0.4, 0.5) is 17.2 Å². The molecule has 7 nitrogen and oxygen atoms in total. The molecule has 1 aromatic heterocycles. The smallest absolute Gasteiger partial charge is 0.370 e. The van der Waals surface area contributed by atoms with Gasteiger partial charge in [-0.15, -0.1) is 0 Å². The minimum Gasteiger partial charge on any atom is -0.550 e. The summed E-state index contributed by atoms with van der Waals surface area (Å²) >= 11 is 0. The molecule has 0 atom stereocenters. The van der Waals surface area contributed by atoms with E-state index in [0.717, 1.165) is 36.4 Å². The molecule has 0 amide bonds. The average molecular weight is 393 g/mol. The summed E-state index contributed by atoms with van der Waals surface area (Å²) in [6.07, 6.45) is 0. The number of carbonyl (C=O) groups is 1. The molecule has 0 spiro atoms. The first-order valence-corrected chi connectivity index (χ1v) is 9.25. The third-order valence-corrected chi connectivity index (χ3v) is 4.45. The van der Waals surface area contributed by atoms with Crippen molar-refractivity contribution >= 4 is 23.2 Å². The van der Waals surface area contributed by atoms with Gasteiger partial charge in [0.2, 0.25) is 0 Å². The van der Waals surface area contributed by atoms with Crippen LogP contribution in [-0.2, 0) is 25.4 Å². The summed E-state index contributed by atoms with van der Waals surface area (Å²) in [4.78, 5) is 11.1. The van der Waals surface area contributed by atoms with E-state index in [2.05, 4.69) is 65.5 Å². The normalized spacial score (nSPS) is 10.5. The molecule has 3 rings (SSSR count). The van der Waals surface area contributed by atoms with Gasteiger partial charge in [-0.1, -0.05) is 30.3 Å². The zero-order valence-corrected chi connectivity index (χ0v) is 17.5. The fourth-order valence-corrected chi connectivity index (χ4v) is 2.69. The van der Waals surface area contributed by atoms with Crippen LogP contribution in [0, 0.1) is 6.92 Å². The SMILES string of the molecule is CC(=O)[O-].Cc1cc(N=Nc2ccc(N(C)Cc3ccccc3)cc2)[n+](C)n1C. The second-order valence-corrected chi connectivity index (χ2v) is 6.74. The Labute approximate surface area is 171 Å². The summed E-state index contributed by atoms with van der Waals surface area (Å²) in [5, 5.41) is 17.6. The fraction of sp³-hybridized carbons (Fsp3) is 0.273. The van der Waals surface area contributed by atoms with E-state index in [1.54, 1.807) is 0 Å². The molecule has 2 aromatic carbocycles. The number of aliphatic carboxylic acids is 1. The van der Waals surface area contributed by atoms with Crippen LogP contribution in [0.5, 0.6) is 0 Å². The van der Waals surface area contributed by atoms with E-state index in [9.17, 15) is 0 Å². The second kappa shape index (κ2) is 10.2. The lowest BCUT2D eigenvalue weighted by molar-refractivity contribution is -0.740. The summed E-state index contributed by atoms with van der Waals surface area (Å²) in [5.74, 6) is -0.245. The van der Waals surface area contributed by atoms with Gasteiger partial charge in [0.15, 0.2) is 0 Å². The summed E-state index contributed by atoms with van der Waals surface area (Å²) in [6, 6.07) is 20.6. The predicted molar refractivity (Wildman–Crippen MR) is 111 cm³/mol. The maximum Gasteiger partial charge on any atom is 0.370 e. The van der Waals surface area contributed by atoms with E-state index < -0.39 is 5.97 Å². The van der Waals surface area contributed by atoms with Gasteiger partial charge in [-0.25, -0.2) is 4.68 Å². The number of azo groups is 1. The zero-order chi connectivity index (χ0) is 21.4. The first kappa shape index (κ1) is 21.8. The highest BCUT2D eigenvalue weighted by Crippen LogP contribution is 2.22. The molecule has 0 saturated heterocycles. The van der Waals surface area contributed by atoms with Crippen LogP contribution in [0.3, 0.4) is 0 Å². The highest BCUT2D eigenvalue weighted by molar-refractivity contribution is 5.60. The third kappa shape index (κ3) is 6.57. The molecule has 0 aliphatic carbocycles. The van der Waals surface area contributed by atoms with Gasteiger partial charge in [0.25, 0.3) is 0 Å². The van der Waals surface area contributed by atoms with Gasteiger partial charge in [-0.2, -0.15) is 4.68 Å². The predicted octanol–water partition coefficient (Wildman–Crippen LogP) is 2.97. The van der Waals surface area contributed by atoms with Crippen molar-refractivity contribution < 1.29 is 14.6 Å². The van der Waals surface area contributed by atoms with Crippen LogP contribution in [-0.4, -0.2) is 17.7 Å². The van der Waals surface area contributed by atoms with Crippen molar-refractivity contribution in [3.8, 4) is 0 Å². The molecule has 7 heteroatoms. The Balaban J connectivity index is 0.000000687. The van der Waals surface area contributed by atoms with Crippen molar-refractivity contribution in [1.29, 1.82) is 0 Å². The molecule has 0 saturated carbocycles. The minimum absolute atomic E-state index is 0.838. The molecular weight excluding hydrogens is 366 g/mol. The van der Waals surface area contributed by atoms with Crippen molar-refractivity contribution in [2.24, 2.45) is 24.3 Å². The number of aryl methyl sites for hydroxylation is 1. The van der Waals surface area contributed by atoms with Crippen molar-refractivity contribution in [2.45, 2.75) is 20.4 Å². The Kier molecular flexibility index (Phi) is 7.65. The lowest BCUT2D eigenvalue weighted by Gasteiger charge is -2.19. The number of hydrogen-bond acceptors (Lipinski definition) is 5. The molecule has 29 heavy (non-hydrogen) atoms. The van der Waals surface area contributed by atoms with Gasteiger partial charge in [0, 0.05) is 32.3 Å². The Morgan fingerprint density at radius 2 is 1.69 bits per heavy atom. The molecule has 1 heterocycles. The van der Waals surface area contributed by atoms with E-state index >= 15 is 0 Å². The zero-order valence-electron chi connectivity index (χ0n) is 17.5. The minimum atomic E-state index is -1.08. The topological polar surface area (TPSA) is 76.9 Å². The fourth-order valence-electron chi connectivity index (χ4n) is 2.69. The maximum atomic E-state index is 8.89. The van der Waals surface area contributed by atoms with Crippen LogP contribution in [0.2, 0.25) is 0 Å². The number of benzene rings is 2. The number of rotatable bonds is 5. The summed E-state index contributed by atoms with van der Waals surface area (Å²) in [6.45, 7) is 3.90. The van der Waals surface area contributed by atoms with Gasteiger partial charge in [0.05, 0.1) is 16.9 Å². The number of aromatic nitrogens is 2. The standard InChI is InChI=1S/C20H24N5.C2H4O2/c1-16-14-20(25(4)24(16)3)22-21-18-10-12-19(13-11-18)23(2)15-17-8-6-5-7-9-17;1-2(3)4/h5-14H,15H2,1-4H3;1H3,(H,3,4)/q+1;/p-1. The summed E-state index contributed by atoms with van der Waals surface area (Å²) < 4.78 is 4.01. The van der Waals surface area contributed by atoms with Crippen LogP contribution in [0.1, 0.15) is 18.2 Å². The Morgan fingerprint density at radius 3 is 2.21 bits per heavy atom.